The molecule has 0 fully saturated rings. The third-order valence-electron chi connectivity index (χ3n) is 1.35. The summed E-state index contributed by atoms with van der Waals surface area (Å²) in [4.78, 5) is 39.0. The summed E-state index contributed by atoms with van der Waals surface area (Å²) in [5.74, 6) is -5.34. The molecule has 0 spiro atoms. The normalized spacial score (nSPS) is 11.9. The van der Waals surface area contributed by atoms with E-state index in [1.165, 1.54) is 0 Å². The smallest absolute Gasteiger partial charge is 0.302 e. The second kappa shape index (κ2) is 11.4. The molecule has 0 aliphatic rings. The van der Waals surface area contributed by atoms with Gasteiger partial charge in [-0.2, -0.15) is 0 Å². The Morgan fingerprint density at radius 1 is 0.737 bits per heavy atom. The number of hydrogen-bond acceptors (Lipinski definition) is 4. The molecule has 0 unspecified atom stereocenters. The van der Waals surface area contributed by atoms with Crippen LogP contribution >= 0.6 is 0 Å². The van der Waals surface area contributed by atoms with Gasteiger partial charge in [0, 0.05) is 29.9 Å². The molecule has 0 aromatic carbocycles. The van der Waals surface area contributed by atoms with Gasteiger partial charge in [-0.1, -0.05) is 0 Å². The van der Waals surface area contributed by atoms with Crippen molar-refractivity contribution >= 4 is 23.9 Å². The number of rotatable bonds is 6. The number of aliphatic carboxylic acids is 4. The van der Waals surface area contributed by atoms with Crippen LogP contribution in [0.15, 0.2) is 0 Å². The van der Waals surface area contributed by atoms with E-state index in [0.717, 1.165) is 0 Å². The van der Waals surface area contributed by atoms with E-state index in [0.29, 0.717) is 0 Å². The Balaban J connectivity index is -0.000000256. The van der Waals surface area contributed by atoms with Gasteiger partial charge in [-0.05, 0) is 12.1 Å². The summed E-state index contributed by atoms with van der Waals surface area (Å²) in [5.41, 5.74) is 13.2. The van der Waals surface area contributed by atoms with Crippen molar-refractivity contribution in [2.45, 2.75) is 24.9 Å². The summed E-state index contributed by atoms with van der Waals surface area (Å²) in [6, 6.07) is -3.08. The monoisotopic (exact) mass is 327 g/mol. The van der Waals surface area contributed by atoms with E-state index < -0.39 is 48.8 Å². The van der Waals surface area contributed by atoms with E-state index in [9.17, 15) is 19.2 Å². The minimum absolute atomic E-state index is 0. The Morgan fingerprint density at radius 2 is 0.947 bits per heavy atom. The Bertz CT molecular complexity index is 303. The maximum Gasteiger partial charge on any atom is 0.302 e. The number of carbonyl (C=O) groups is 4. The minimum Gasteiger partial charge on any atom is -0.665 e. The predicted molar refractivity (Wildman–Crippen MR) is 56.0 cm³/mol. The van der Waals surface area contributed by atoms with Gasteiger partial charge in [-0.15, -0.1) is 0 Å². The first-order valence-corrected chi connectivity index (χ1v) is 4.39. The van der Waals surface area contributed by atoms with Gasteiger partial charge in [-0.25, -0.2) is 0 Å². The molecule has 6 N–H and O–H groups in total. The number of carboxylic acid groups (broad SMARTS) is 4. The fraction of sp³-hybridized carbons (Fsp3) is 0.500. The fourth-order valence-electron chi connectivity index (χ4n) is 0.524. The minimum atomic E-state index is -1.54. The molecule has 0 rings (SSSR count). The summed E-state index contributed by atoms with van der Waals surface area (Å²) in [5, 5.41) is 31.9. The second-order valence-electron chi connectivity index (χ2n) is 2.98. The Hall–Kier alpha value is -1.68. The number of carboxylic acids is 4. The van der Waals surface area contributed by atoms with E-state index in [-0.39, 0.29) is 17.1 Å². The molecule has 0 aliphatic carbocycles. The molecule has 115 valence electrons. The molecular weight excluding hydrogens is 316 g/mol. The molecule has 11 heteroatoms. The Labute approximate surface area is 117 Å². The van der Waals surface area contributed by atoms with E-state index in [2.05, 4.69) is 0 Å². The predicted octanol–water partition coefficient (Wildman–Crippen LogP) is -0.0695. The molecule has 0 bridgehead atoms. The fourth-order valence-corrected chi connectivity index (χ4v) is 0.524. The quantitative estimate of drug-likeness (QED) is 0.486. The van der Waals surface area contributed by atoms with E-state index in [4.69, 9.17) is 31.9 Å². The van der Waals surface area contributed by atoms with Crippen LogP contribution in [0, 0.1) is 0 Å². The topological polar surface area (TPSA) is 197 Å². The van der Waals surface area contributed by atoms with Gasteiger partial charge in [0.15, 0.2) is 0 Å². The first-order chi connectivity index (χ1) is 8.07. The van der Waals surface area contributed by atoms with Crippen LogP contribution in [0.2, 0.25) is 0 Å². The summed E-state index contributed by atoms with van der Waals surface area (Å²) < 4.78 is 0. The van der Waals surface area contributed by atoms with Gasteiger partial charge in [0.1, 0.15) is 0 Å². The molecule has 0 aliphatic heterocycles. The van der Waals surface area contributed by atoms with Crippen molar-refractivity contribution < 1.29 is 56.7 Å². The van der Waals surface area contributed by atoms with Crippen LogP contribution in [0.5, 0.6) is 0 Å². The molecule has 0 amide bonds. The zero-order valence-electron chi connectivity index (χ0n) is 9.29. The van der Waals surface area contributed by atoms with E-state index >= 15 is 0 Å². The molecule has 19 heavy (non-hydrogen) atoms. The molecule has 0 aromatic heterocycles. The van der Waals surface area contributed by atoms with Crippen molar-refractivity contribution in [1.82, 2.24) is 0 Å². The SMILES string of the molecule is [Cu].[NH-][C@H](CC(=O)O)C(=O)O.[NH-][C@H](CC(=O)O)C(=O)O. The standard InChI is InChI=1S/2C4H6NO4.Cu/c2*5-2(4(8)9)1-3(6)7;/h2*2,5H,1H2,(H,6,7)(H,8,9);/q2*-1;/t2*2-;/m11./s1. The third-order valence-corrected chi connectivity index (χ3v) is 1.35. The van der Waals surface area contributed by atoms with Gasteiger partial charge in [0.25, 0.3) is 11.9 Å². The van der Waals surface area contributed by atoms with Crippen LogP contribution < -0.4 is 0 Å². The Kier molecular flexibility index (Phi) is 13.5. The summed E-state index contributed by atoms with van der Waals surface area (Å²) in [6.07, 6.45) is -1.29. The van der Waals surface area contributed by atoms with Crippen molar-refractivity contribution in [3.63, 3.8) is 0 Å². The van der Waals surface area contributed by atoms with Crippen molar-refractivity contribution in [3.05, 3.63) is 11.5 Å². The molecule has 0 saturated carbocycles. The van der Waals surface area contributed by atoms with Crippen molar-refractivity contribution in [1.29, 1.82) is 0 Å². The average molecular weight is 328 g/mol. The first kappa shape index (κ1) is 22.5. The molecular formula is C8H12CuN2O8-2. The molecule has 2 atom stereocenters. The van der Waals surface area contributed by atoms with Gasteiger partial charge in [0.2, 0.25) is 0 Å². The van der Waals surface area contributed by atoms with Gasteiger partial charge < -0.3 is 31.9 Å². The van der Waals surface area contributed by atoms with Crippen molar-refractivity contribution in [3.8, 4) is 0 Å². The third kappa shape index (κ3) is 16.3. The summed E-state index contributed by atoms with van der Waals surface area (Å²) in [7, 11) is 0. The van der Waals surface area contributed by atoms with Crippen LogP contribution in [-0.2, 0) is 36.2 Å². The molecule has 10 nitrogen and oxygen atoms in total. The Morgan fingerprint density at radius 3 is 1.00 bits per heavy atom. The zero-order valence-corrected chi connectivity index (χ0v) is 10.2. The average Bonchev–Trinajstić information content (AvgIpc) is 2.16. The van der Waals surface area contributed by atoms with Gasteiger partial charge in [-0.3, -0.25) is 19.2 Å². The molecule has 0 heterocycles. The van der Waals surface area contributed by atoms with Crippen molar-refractivity contribution in [2.75, 3.05) is 0 Å². The van der Waals surface area contributed by atoms with Crippen LogP contribution in [-0.4, -0.2) is 56.4 Å². The van der Waals surface area contributed by atoms with Crippen LogP contribution in [0.25, 0.3) is 11.5 Å². The van der Waals surface area contributed by atoms with Crippen LogP contribution in [0.1, 0.15) is 12.8 Å². The molecule has 0 saturated heterocycles. The summed E-state index contributed by atoms with van der Waals surface area (Å²) >= 11 is 0. The second-order valence-corrected chi connectivity index (χ2v) is 2.98. The maximum atomic E-state index is 9.78. The first-order valence-electron chi connectivity index (χ1n) is 4.39. The number of hydrogen-bond donors (Lipinski definition) is 4. The molecule has 1 radical (unpaired) electrons. The maximum absolute atomic E-state index is 9.78. The van der Waals surface area contributed by atoms with Crippen LogP contribution in [0.3, 0.4) is 0 Å². The van der Waals surface area contributed by atoms with Gasteiger partial charge in [0.05, 0.1) is 0 Å². The van der Waals surface area contributed by atoms with Crippen molar-refractivity contribution in [2.24, 2.45) is 0 Å². The number of nitrogens with one attached hydrogen (secondary N) is 2. The molecule has 0 aromatic rings. The van der Waals surface area contributed by atoms with Gasteiger partial charge >= 0.3 is 11.9 Å². The van der Waals surface area contributed by atoms with E-state index in [1.54, 1.807) is 0 Å². The zero-order chi connectivity index (χ0) is 14.9. The van der Waals surface area contributed by atoms with Crippen LogP contribution in [0.4, 0.5) is 0 Å². The largest absolute Gasteiger partial charge is 0.665 e. The summed E-state index contributed by atoms with van der Waals surface area (Å²) in [6.45, 7) is 0. The van der Waals surface area contributed by atoms with E-state index in [1.807, 2.05) is 0 Å².